The summed E-state index contributed by atoms with van der Waals surface area (Å²) in [5.74, 6) is 0.964. The van der Waals surface area contributed by atoms with Crippen molar-refractivity contribution in [3.05, 3.63) is 47.8 Å². The molecule has 3 unspecified atom stereocenters. The normalized spacial score (nSPS) is 24.4. The largest absolute Gasteiger partial charge is 0.327 e. The van der Waals surface area contributed by atoms with Crippen LogP contribution in [0.4, 0.5) is 4.39 Å². The van der Waals surface area contributed by atoms with Crippen molar-refractivity contribution in [1.29, 1.82) is 0 Å². The minimum Gasteiger partial charge on any atom is -0.327 e. The van der Waals surface area contributed by atoms with E-state index in [2.05, 4.69) is 74.1 Å². The summed E-state index contributed by atoms with van der Waals surface area (Å²) in [4.78, 5) is 11.4. The summed E-state index contributed by atoms with van der Waals surface area (Å²) >= 11 is 1.72. The molecule has 0 aliphatic carbocycles. The van der Waals surface area contributed by atoms with Gasteiger partial charge in [0.05, 0.1) is 5.52 Å². The van der Waals surface area contributed by atoms with Gasteiger partial charge in [0.1, 0.15) is 11.3 Å². The Morgan fingerprint density at radius 2 is 1.76 bits per heavy atom. The molecule has 0 bridgehead atoms. The fraction of sp³-hybridized carbons (Fsp3) is 0.581. The molecule has 3 heterocycles. The van der Waals surface area contributed by atoms with Gasteiger partial charge in [0.2, 0.25) is 0 Å². The number of aromatic nitrogens is 2. The number of likely N-dealkylation sites (tertiary alicyclic amines) is 2. The first kappa shape index (κ1) is 26.7. The van der Waals surface area contributed by atoms with Gasteiger partial charge in [-0.25, -0.2) is 9.37 Å². The molecule has 0 spiro atoms. The quantitative estimate of drug-likeness (QED) is 0.317. The number of fused-ring (bicyclic) bond motifs is 1. The van der Waals surface area contributed by atoms with E-state index >= 15 is 4.39 Å². The van der Waals surface area contributed by atoms with Crippen LogP contribution in [-0.2, 0) is 7.05 Å². The van der Waals surface area contributed by atoms with Crippen molar-refractivity contribution < 1.29 is 4.39 Å². The molecule has 2 saturated heterocycles. The number of nitrogens with zero attached hydrogens (tertiary/aromatic N) is 4. The molecule has 0 N–H and O–H groups in total. The highest BCUT2D eigenvalue weighted by Gasteiger charge is 2.37. The van der Waals surface area contributed by atoms with Gasteiger partial charge in [-0.15, -0.1) is 11.8 Å². The van der Waals surface area contributed by atoms with Gasteiger partial charge in [-0.1, -0.05) is 25.1 Å². The Hall–Kier alpha value is -1.89. The number of piperidine rings is 2. The molecule has 37 heavy (non-hydrogen) atoms. The molecular formula is C31H43FN4S. The van der Waals surface area contributed by atoms with Crippen LogP contribution >= 0.6 is 11.8 Å². The SMILES string of the molecule is CCC1CC(N2CCC(c3ccc4c(nc(-c5ccc(SC)cc5)n4C)c3F)CC2)CC(C)N1C(C)C. The molecule has 4 nitrogen and oxygen atoms in total. The fourth-order valence-electron chi connectivity index (χ4n) is 7.14. The average Bonchev–Trinajstić information content (AvgIpc) is 3.25. The molecule has 6 heteroatoms. The molecule has 2 fully saturated rings. The van der Waals surface area contributed by atoms with Gasteiger partial charge in [0.25, 0.3) is 0 Å². The average molecular weight is 523 g/mol. The minimum absolute atomic E-state index is 0.122. The molecular weight excluding hydrogens is 479 g/mol. The van der Waals surface area contributed by atoms with Gasteiger partial charge in [0, 0.05) is 41.7 Å². The third-order valence-corrected chi connectivity index (χ3v) is 9.75. The van der Waals surface area contributed by atoms with Crippen LogP contribution in [-0.4, -0.2) is 62.9 Å². The molecule has 200 valence electrons. The monoisotopic (exact) mass is 522 g/mol. The number of aryl methyl sites for hydroxylation is 1. The van der Waals surface area contributed by atoms with Crippen molar-refractivity contribution in [3.8, 4) is 11.4 Å². The van der Waals surface area contributed by atoms with Gasteiger partial charge < -0.3 is 9.47 Å². The molecule has 0 saturated carbocycles. The highest BCUT2D eigenvalue weighted by molar-refractivity contribution is 7.98. The number of halogens is 1. The number of rotatable bonds is 6. The zero-order valence-corrected chi connectivity index (χ0v) is 24.2. The van der Waals surface area contributed by atoms with E-state index in [1.165, 1.54) is 24.2 Å². The Balaban J connectivity index is 1.31. The number of thioether (sulfide) groups is 1. The van der Waals surface area contributed by atoms with Gasteiger partial charge in [-0.05, 0) is 102 Å². The van der Waals surface area contributed by atoms with E-state index in [0.717, 1.165) is 48.4 Å². The maximum absolute atomic E-state index is 15.9. The molecule has 1 aromatic heterocycles. The van der Waals surface area contributed by atoms with Crippen LogP contribution in [0.1, 0.15) is 71.3 Å². The topological polar surface area (TPSA) is 24.3 Å². The second kappa shape index (κ2) is 11.1. The summed E-state index contributed by atoms with van der Waals surface area (Å²) in [7, 11) is 1.99. The van der Waals surface area contributed by atoms with Crippen LogP contribution in [0.15, 0.2) is 41.3 Å². The minimum atomic E-state index is -0.122. The molecule has 2 aliphatic rings. The van der Waals surface area contributed by atoms with E-state index in [1.807, 2.05) is 17.7 Å². The van der Waals surface area contributed by atoms with Crippen LogP contribution in [0.25, 0.3) is 22.4 Å². The highest BCUT2D eigenvalue weighted by Crippen LogP contribution is 2.37. The van der Waals surface area contributed by atoms with Crippen LogP contribution in [0, 0.1) is 5.82 Å². The molecule has 2 aromatic carbocycles. The van der Waals surface area contributed by atoms with E-state index in [1.54, 1.807) is 11.8 Å². The fourth-order valence-corrected chi connectivity index (χ4v) is 7.55. The van der Waals surface area contributed by atoms with Crippen molar-refractivity contribution >= 4 is 22.8 Å². The Morgan fingerprint density at radius 1 is 1.05 bits per heavy atom. The van der Waals surface area contributed by atoms with Crippen LogP contribution < -0.4 is 0 Å². The van der Waals surface area contributed by atoms with E-state index < -0.39 is 0 Å². The number of hydrogen-bond donors (Lipinski definition) is 0. The van der Waals surface area contributed by atoms with Crippen LogP contribution in [0.5, 0.6) is 0 Å². The number of imidazole rings is 1. The second-order valence-corrected chi connectivity index (χ2v) is 12.3. The van der Waals surface area contributed by atoms with Gasteiger partial charge in [-0.2, -0.15) is 0 Å². The predicted octanol–water partition coefficient (Wildman–Crippen LogP) is 7.32. The Morgan fingerprint density at radius 3 is 2.38 bits per heavy atom. The predicted molar refractivity (Wildman–Crippen MR) is 155 cm³/mol. The van der Waals surface area contributed by atoms with Gasteiger partial charge >= 0.3 is 0 Å². The molecule has 3 aromatic rings. The summed E-state index contributed by atoms with van der Waals surface area (Å²) in [6.45, 7) is 11.5. The van der Waals surface area contributed by atoms with Gasteiger partial charge in [0.15, 0.2) is 5.82 Å². The Bertz CT molecular complexity index is 1210. The summed E-state index contributed by atoms with van der Waals surface area (Å²) < 4.78 is 17.9. The van der Waals surface area contributed by atoms with E-state index in [4.69, 9.17) is 4.98 Å². The summed E-state index contributed by atoms with van der Waals surface area (Å²) in [6.07, 6.45) is 7.84. The number of benzene rings is 2. The van der Waals surface area contributed by atoms with Gasteiger partial charge in [-0.3, -0.25) is 4.90 Å². The molecule has 0 amide bonds. The zero-order chi connectivity index (χ0) is 26.3. The highest BCUT2D eigenvalue weighted by atomic mass is 32.2. The lowest BCUT2D eigenvalue weighted by Crippen LogP contribution is -2.56. The van der Waals surface area contributed by atoms with Crippen LogP contribution in [0.2, 0.25) is 0 Å². The van der Waals surface area contributed by atoms with E-state index in [-0.39, 0.29) is 11.7 Å². The van der Waals surface area contributed by atoms with Crippen LogP contribution in [0.3, 0.4) is 0 Å². The first-order valence-electron chi connectivity index (χ1n) is 14.1. The van der Waals surface area contributed by atoms with Crippen molar-refractivity contribution in [3.63, 3.8) is 0 Å². The molecule has 0 radical (unpaired) electrons. The summed E-state index contributed by atoms with van der Waals surface area (Å²) in [6, 6.07) is 15.0. The molecule has 2 aliphatic heterocycles. The smallest absolute Gasteiger partial charge is 0.154 e. The van der Waals surface area contributed by atoms with Crippen molar-refractivity contribution in [2.75, 3.05) is 19.3 Å². The lowest BCUT2D eigenvalue weighted by atomic mass is 9.84. The standard InChI is InChI=1S/C31H43FN4S/c1-7-24-19-25(18-21(4)36(24)20(2)3)35-16-14-22(15-17-35)27-12-13-28-30(29(27)32)33-31(34(28)5)23-8-10-26(37-6)11-9-23/h8-13,20-22,24-25H,7,14-19H2,1-6H3. The third-order valence-electron chi connectivity index (χ3n) is 9.01. The van der Waals surface area contributed by atoms with Crippen molar-refractivity contribution in [2.45, 2.75) is 94.8 Å². The summed E-state index contributed by atoms with van der Waals surface area (Å²) in [5.41, 5.74) is 3.24. The molecule has 3 atom stereocenters. The van der Waals surface area contributed by atoms with E-state index in [0.29, 0.717) is 29.7 Å². The Kier molecular flexibility index (Phi) is 7.99. The maximum Gasteiger partial charge on any atom is 0.154 e. The van der Waals surface area contributed by atoms with Crippen molar-refractivity contribution in [2.24, 2.45) is 7.05 Å². The zero-order valence-electron chi connectivity index (χ0n) is 23.4. The third kappa shape index (κ3) is 5.09. The maximum atomic E-state index is 15.9. The molecule has 5 rings (SSSR count). The second-order valence-electron chi connectivity index (χ2n) is 11.4. The number of hydrogen-bond acceptors (Lipinski definition) is 4. The first-order chi connectivity index (χ1) is 17.8. The van der Waals surface area contributed by atoms with E-state index in [9.17, 15) is 0 Å². The Labute approximate surface area is 226 Å². The lowest BCUT2D eigenvalue weighted by molar-refractivity contribution is -0.000247. The lowest BCUT2D eigenvalue weighted by Gasteiger charge is -2.50. The summed E-state index contributed by atoms with van der Waals surface area (Å²) in [5, 5.41) is 0. The van der Waals surface area contributed by atoms with Crippen molar-refractivity contribution in [1.82, 2.24) is 19.4 Å². The first-order valence-corrected chi connectivity index (χ1v) is 15.4.